The number of likely N-dealkylation sites (tertiary alicyclic amines) is 1. The Labute approximate surface area is 119 Å². The summed E-state index contributed by atoms with van der Waals surface area (Å²) >= 11 is 0. The van der Waals surface area contributed by atoms with E-state index in [2.05, 4.69) is 21.5 Å². The third-order valence-electron chi connectivity index (χ3n) is 3.53. The third-order valence-corrected chi connectivity index (χ3v) is 3.53. The van der Waals surface area contributed by atoms with Crippen LogP contribution in [0.4, 0.5) is 4.79 Å². The van der Waals surface area contributed by atoms with Gasteiger partial charge in [-0.05, 0) is 37.1 Å². The molecule has 0 spiro atoms. The number of rotatable bonds is 4. The number of primary amides is 1. The standard InChI is InChI=1S/C15H22N4O/c16-15(20)18-17-11-13-7-3-4-8-14(13)12-19-9-5-1-2-6-10-19/h3-4,7-8,11H,1-2,5-6,9-10,12H2,(H3,16,18,20). The molecule has 1 fully saturated rings. The minimum atomic E-state index is -0.647. The number of urea groups is 1. The molecule has 1 aromatic rings. The lowest BCUT2D eigenvalue weighted by molar-refractivity contribution is 0.249. The van der Waals surface area contributed by atoms with Gasteiger partial charge in [-0.15, -0.1) is 0 Å². The van der Waals surface area contributed by atoms with Crippen LogP contribution in [-0.2, 0) is 6.54 Å². The van der Waals surface area contributed by atoms with Crippen LogP contribution in [-0.4, -0.2) is 30.2 Å². The van der Waals surface area contributed by atoms with E-state index in [0.29, 0.717) is 0 Å². The maximum absolute atomic E-state index is 10.6. The van der Waals surface area contributed by atoms with E-state index >= 15 is 0 Å². The van der Waals surface area contributed by atoms with E-state index in [1.807, 2.05) is 18.2 Å². The molecule has 1 aliphatic rings. The van der Waals surface area contributed by atoms with Crippen molar-refractivity contribution < 1.29 is 4.79 Å². The Balaban J connectivity index is 2.02. The van der Waals surface area contributed by atoms with Crippen LogP contribution in [0.1, 0.15) is 36.8 Å². The summed E-state index contributed by atoms with van der Waals surface area (Å²) in [6.07, 6.45) is 6.88. The van der Waals surface area contributed by atoms with Crippen molar-refractivity contribution in [3.05, 3.63) is 35.4 Å². The first-order valence-corrected chi connectivity index (χ1v) is 7.14. The molecule has 108 valence electrons. The van der Waals surface area contributed by atoms with Gasteiger partial charge in [0.1, 0.15) is 0 Å². The number of carbonyl (C=O) groups is 1. The summed E-state index contributed by atoms with van der Waals surface area (Å²) in [6.45, 7) is 3.24. The maximum atomic E-state index is 10.6. The largest absolute Gasteiger partial charge is 0.350 e. The summed E-state index contributed by atoms with van der Waals surface area (Å²) in [5.74, 6) is 0. The molecule has 2 rings (SSSR count). The second-order valence-corrected chi connectivity index (χ2v) is 5.12. The van der Waals surface area contributed by atoms with Gasteiger partial charge < -0.3 is 5.73 Å². The molecular formula is C15H22N4O. The van der Waals surface area contributed by atoms with E-state index in [1.54, 1.807) is 6.21 Å². The molecule has 1 aliphatic heterocycles. The quantitative estimate of drug-likeness (QED) is 0.651. The molecule has 3 N–H and O–H groups in total. The lowest BCUT2D eigenvalue weighted by Crippen LogP contribution is -2.25. The fourth-order valence-electron chi connectivity index (χ4n) is 2.50. The third kappa shape index (κ3) is 4.66. The number of amides is 2. The van der Waals surface area contributed by atoms with Gasteiger partial charge >= 0.3 is 6.03 Å². The van der Waals surface area contributed by atoms with Gasteiger partial charge in [0, 0.05) is 6.54 Å². The number of benzene rings is 1. The van der Waals surface area contributed by atoms with Crippen molar-refractivity contribution in [2.75, 3.05) is 13.1 Å². The van der Waals surface area contributed by atoms with Gasteiger partial charge in [0.15, 0.2) is 0 Å². The van der Waals surface area contributed by atoms with Crippen LogP contribution in [0.3, 0.4) is 0 Å². The molecule has 0 unspecified atom stereocenters. The van der Waals surface area contributed by atoms with Crippen molar-refractivity contribution >= 4 is 12.2 Å². The first-order chi connectivity index (χ1) is 9.75. The van der Waals surface area contributed by atoms with E-state index in [4.69, 9.17) is 5.73 Å². The molecule has 0 radical (unpaired) electrons. The second kappa shape index (κ2) is 7.65. The highest BCUT2D eigenvalue weighted by Crippen LogP contribution is 2.15. The highest BCUT2D eigenvalue weighted by molar-refractivity contribution is 5.83. The van der Waals surface area contributed by atoms with Gasteiger partial charge in [0.25, 0.3) is 0 Å². The number of hydrogen-bond acceptors (Lipinski definition) is 3. The monoisotopic (exact) mass is 274 g/mol. The van der Waals surface area contributed by atoms with E-state index < -0.39 is 6.03 Å². The molecular weight excluding hydrogens is 252 g/mol. The zero-order valence-corrected chi connectivity index (χ0v) is 11.7. The van der Waals surface area contributed by atoms with Crippen LogP contribution in [0.5, 0.6) is 0 Å². The molecule has 5 nitrogen and oxygen atoms in total. The molecule has 0 aliphatic carbocycles. The minimum absolute atomic E-state index is 0.647. The Morgan fingerprint density at radius 3 is 2.65 bits per heavy atom. The molecule has 0 aromatic heterocycles. The zero-order chi connectivity index (χ0) is 14.2. The van der Waals surface area contributed by atoms with Gasteiger partial charge in [-0.2, -0.15) is 5.10 Å². The number of nitrogens with two attached hydrogens (primary N) is 1. The van der Waals surface area contributed by atoms with E-state index in [9.17, 15) is 4.79 Å². The molecule has 1 aromatic carbocycles. The lowest BCUT2D eigenvalue weighted by Gasteiger charge is -2.20. The van der Waals surface area contributed by atoms with Crippen LogP contribution < -0.4 is 11.2 Å². The van der Waals surface area contributed by atoms with Gasteiger partial charge in [0.05, 0.1) is 6.21 Å². The van der Waals surface area contributed by atoms with E-state index in [-0.39, 0.29) is 0 Å². The Kier molecular flexibility index (Phi) is 5.55. The summed E-state index contributed by atoms with van der Waals surface area (Å²) in [6, 6.07) is 7.46. The normalized spacial score (nSPS) is 17.0. The van der Waals surface area contributed by atoms with Crippen LogP contribution in [0.25, 0.3) is 0 Å². The summed E-state index contributed by atoms with van der Waals surface area (Å²) < 4.78 is 0. The molecule has 0 saturated carbocycles. The number of carbonyl (C=O) groups excluding carboxylic acids is 1. The molecule has 20 heavy (non-hydrogen) atoms. The van der Waals surface area contributed by atoms with E-state index in [1.165, 1.54) is 31.2 Å². The summed E-state index contributed by atoms with van der Waals surface area (Å²) in [7, 11) is 0. The SMILES string of the molecule is NC(=O)NN=Cc1ccccc1CN1CCCCCC1. The van der Waals surface area contributed by atoms with Gasteiger partial charge in [-0.3, -0.25) is 4.90 Å². The summed E-state index contributed by atoms with van der Waals surface area (Å²) in [5.41, 5.74) is 9.46. The fraction of sp³-hybridized carbons (Fsp3) is 0.467. The van der Waals surface area contributed by atoms with Gasteiger partial charge in [-0.1, -0.05) is 37.1 Å². The Morgan fingerprint density at radius 2 is 1.95 bits per heavy atom. The molecule has 5 heteroatoms. The molecule has 0 atom stereocenters. The first kappa shape index (κ1) is 14.5. The topological polar surface area (TPSA) is 70.7 Å². The average Bonchev–Trinajstić information content (AvgIpc) is 2.69. The summed E-state index contributed by atoms with van der Waals surface area (Å²) in [4.78, 5) is 13.1. The van der Waals surface area contributed by atoms with Crippen molar-refractivity contribution in [2.24, 2.45) is 10.8 Å². The zero-order valence-electron chi connectivity index (χ0n) is 11.7. The van der Waals surface area contributed by atoms with Crippen molar-refractivity contribution in [3.63, 3.8) is 0 Å². The van der Waals surface area contributed by atoms with Gasteiger partial charge in [0.2, 0.25) is 0 Å². The highest BCUT2D eigenvalue weighted by Gasteiger charge is 2.10. The smallest absolute Gasteiger partial charge is 0.332 e. The van der Waals surface area contributed by atoms with E-state index in [0.717, 1.165) is 25.2 Å². The Bertz CT molecular complexity index is 465. The van der Waals surface area contributed by atoms with Crippen molar-refractivity contribution in [3.8, 4) is 0 Å². The number of hydrogen-bond donors (Lipinski definition) is 2. The second-order valence-electron chi connectivity index (χ2n) is 5.12. The van der Waals surface area contributed by atoms with Gasteiger partial charge in [-0.25, -0.2) is 10.2 Å². The average molecular weight is 274 g/mol. The van der Waals surface area contributed by atoms with Crippen molar-refractivity contribution in [1.29, 1.82) is 0 Å². The van der Waals surface area contributed by atoms with Crippen molar-refractivity contribution in [2.45, 2.75) is 32.2 Å². The minimum Gasteiger partial charge on any atom is -0.350 e. The van der Waals surface area contributed by atoms with Crippen LogP contribution in [0.15, 0.2) is 29.4 Å². The number of nitrogens with zero attached hydrogens (tertiary/aromatic N) is 2. The van der Waals surface area contributed by atoms with Crippen LogP contribution >= 0.6 is 0 Å². The highest BCUT2D eigenvalue weighted by atomic mass is 16.2. The maximum Gasteiger partial charge on any atom is 0.332 e. The fourth-order valence-corrected chi connectivity index (χ4v) is 2.50. The van der Waals surface area contributed by atoms with Crippen LogP contribution in [0.2, 0.25) is 0 Å². The molecule has 1 saturated heterocycles. The predicted molar refractivity (Wildman–Crippen MR) is 80.5 cm³/mol. The predicted octanol–water partition coefficient (Wildman–Crippen LogP) is 2.06. The lowest BCUT2D eigenvalue weighted by atomic mass is 10.1. The molecule has 1 heterocycles. The first-order valence-electron chi connectivity index (χ1n) is 7.14. The summed E-state index contributed by atoms with van der Waals surface area (Å²) in [5, 5.41) is 3.85. The molecule has 2 amide bonds. The Morgan fingerprint density at radius 1 is 1.25 bits per heavy atom. The molecule has 0 bridgehead atoms. The Hall–Kier alpha value is -1.88. The number of nitrogens with one attached hydrogen (secondary N) is 1. The van der Waals surface area contributed by atoms with Crippen LogP contribution in [0, 0.1) is 0 Å². The van der Waals surface area contributed by atoms with Crippen molar-refractivity contribution in [1.82, 2.24) is 10.3 Å². The number of hydrazone groups is 1.